The summed E-state index contributed by atoms with van der Waals surface area (Å²) in [6.07, 6.45) is 0. The Kier molecular flexibility index (Phi) is 9.37. The SMILES string of the molecule is [C-]#[N+]c1ccc(N(c2ccc3c(c2)C2(c4ccccc4-c4cc5c6ccccc6c6ccccc6c5cc42)c2cc(N(c4ccc(C#N)cc4)c4cccc5c4oc4ccccc45)ccc2-3)c2cccc3c2oc2ccccc23)cc1. The summed E-state index contributed by atoms with van der Waals surface area (Å²) in [6.45, 7) is 7.90. The number of nitriles is 1. The van der Waals surface area contributed by atoms with Crippen LogP contribution >= 0.6 is 0 Å². The Labute approximate surface area is 465 Å². The van der Waals surface area contributed by atoms with Crippen LogP contribution in [-0.2, 0) is 5.41 Å². The zero-order chi connectivity index (χ0) is 53.5. The molecule has 1 atom stereocenters. The number of anilines is 6. The van der Waals surface area contributed by atoms with Crippen molar-refractivity contribution >= 4 is 116 Å². The highest BCUT2D eigenvalue weighted by atomic mass is 16.3. The molecule has 2 aromatic heterocycles. The second kappa shape index (κ2) is 16.9. The van der Waals surface area contributed by atoms with Gasteiger partial charge in [0.1, 0.15) is 11.2 Å². The first kappa shape index (κ1) is 44.9. The van der Waals surface area contributed by atoms with E-state index in [-0.39, 0.29) is 0 Å². The van der Waals surface area contributed by atoms with E-state index in [0.717, 1.165) is 100 Å². The Morgan fingerprint density at radius 3 is 1.30 bits per heavy atom. The van der Waals surface area contributed by atoms with Crippen molar-refractivity contribution in [2.45, 2.75) is 5.41 Å². The van der Waals surface area contributed by atoms with Crippen molar-refractivity contribution in [3.05, 3.63) is 294 Å². The maximum absolute atomic E-state index is 10.1. The standard InChI is InChI=1S/C75H42N4O2/c1-77-46-30-34-48(35-31-46)79(70-25-13-22-61-59-20-8-11-27-72(59)81-74(61)70)50-37-39-57-56-38-36-49(78(47-32-28-45(44-76)29-33-47)69-24-12-21-60-58-19-7-10-26-71(58)80-73(60)69)40-66(56)75(67(57)41-50)65-23-9-6-18-55(65)64-42-62-53-16-4-2-14-51(53)52-15-3-5-17-54(52)63(62)43-68(64)75/h2-43H. The normalized spacial score (nSPS) is 14.0. The maximum Gasteiger partial charge on any atom is 0.187 e. The van der Waals surface area contributed by atoms with Gasteiger partial charge in [-0.15, -0.1) is 0 Å². The molecule has 0 N–H and O–H groups in total. The summed E-state index contributed by atoms with van der Waals surface area (Å²) < 4.78 is 13.7. The molecule has 374 valence electrons. The van der Waals surface area contributed by atoms with Crippen molar-refractivity contribution in [2.24, 2.45) is 0 Å². The fraction of sp³-hybridized carbons (Fsp3) is 0.0133. The Balaban J connectivity index is 0.982. The van der Waals surface area contributed by atoms with Crippen molar-refractivity contribution in [1.29, 1.82) is 5.26 Å². The molecule has 1 spiro atoms. The van der Waals surface area contributed by atoms with Gasteiger partial charge in [0.15, 0.2) is 16.9 Å². The minimum absolute atomic E-state index is 0.568. The zero-order valence-corrected chi connectivity index (χ0v) is 43.4. The van der Waals surface area contributed by atoms with Crippen LogP contribution in [0.1, 0.15) is 27.8 Å². The van der Waals surface area contributed by atoms with Crippen LogP contribution in [0.5, 0.6) is 0 Å². The van der Waals surface area contributed by atoms with E-state index in [0.29, 0.717) is 11.3 Å². The van der Waals surface area contributed by atoms with Gasteiger partial charge < -0.3 is 18.6 Å². The first-order valence-corrected chi connectivity index (χ1v) is 27.2. The number of fused-ring (bicyclic) bond motifs is 22. The van der Waals surface area contributed by atoms with E-state index < -0.39 is 5.41 Å². The lowest BCUT2D eigenvalue weighted by Gasteiger charge is -2.33. The highest BCUT2D eigenvalue weighted by Gasteiger charge is 2.52. The van der Waals surface area contributed by atoms with Crippen LogP contribution in [0.2, 0.25) is 0 Å². The topological polar surface area (TPSA) is 60.9 Å². The number of para-hydroxylation sites is 4. The van der Waals surface area contributed by atoms with Gasteiger partial charge in [0.25, 0.3) is 0 Å². The molecular weight excluding hydrogens is 989 g/mol. The Morgan fingerprint density at radius 2 is 0.765 bits per heavy atom. The number of furan rings is 2. The molecule has 81 heavy (non-hydrogen) atoms. The van der Waals surface area contributed by atoms with Gasteiger partial charge in [-0.25, -0.2) is 4.85 Å². The summed E-state index contributed by atoms with van der Waals surface area (Å²) in [5.41, 5.74) is 18.4. The summed E-state index contributed by atoms with van der Waals surface area (Å²) in [5.74, 6) is 0. The highest BCUT2D eigenvalue weighted by Crippen LogP contribution is 2.65. The molecule has 2 aliphatic carbocycles. The van der Waals surface area contributed by atoms with Crippen LogP contribution in [0.25, 0.3) is 103 Å². The second-order valence-corrected chi connectivity index (χ2v) is 21.3. The van der Waals surface area contributed by atoms with Crippen LogP contribution in [0, 0.1) is 17.9 Å². The molecule has 2 heterocycles. The summed E-state index contributed by atoms with van der Waals surface area (Å²) in [7, 11) is 0. The number of benzene rings is 13. The van der Waals surface area contributed by atoms with Crippen molar-refractivity contribution in [3.8, 4) is 28.3 Å². The van der Waals surface area contributed by atoms with E-state index >= 15 is 0 Å². The third kappa shape index (κ3) is 6.24. The van der Waals surface area contributed by atoms with Gasteiger partial charge in [-0.1, -0.05) is 158 Å². The van der Waals surface area contributed by atoms with E-state index in [2.05, 4.69) is 203 Å². The molecule has 6 nitrogen and oxygen atoms in total. The Hall–Kier alpha value is -11.2. The van der Waals surface area contributed by atoms with Crippen LogP contribution in [0.15, 0.2) is 264 Å². The van der Waals surface area contributed by atoms with Crippen molar-refractivity contribution in [1.82, 2.24) is 0 Å². The molecule has 0 radical (unpaired) electrons. The summed E-state index contributed by atoms with van der Waals surface area (Å²) in [6, 6.07) is 92.9. The number of rotatable bonds is 6. The first-order chi connectivity index (χ1) is 40.1. The molecule has 1 unspecified atom stereocenters. The van der Waals surface area contributed by atoms with Crippen molar-refractivity contribution in [3.63, 3.8) is 0 Å². The number of nitrogens with zero attached hydrogens (tertiary/aromatic N) is 4. The largest absolute Gasteiger partial charge is 0.454 e. The summed E-state index contributed by atoms with van der Waals surface area (Å²) in [4.78, 5) is 8.38. The Morgan fingerprint density at radius 1 is 0.346 bits per heavy atom. The predicted octanol–water partition coefficient (Wildman–Crippen LogP) is 20.7. The molecule has 0 amide bonds. The lowest BCUT2D eigenvalue weighted by Crippen LogP contribution is -2.26. The molecule has 13 aromatic carbocycles. The molecular formula is C75H42N4O2. The molecule has 0 fully saturated rings. The van der Waals surface area contributed by atoms with E-state index in [9.17, 15) is 5.26 Å². The quantitative estimate of drug-likeness (QED) is 0.123. The van der Waals surface area contributed by atoms with E-state index in [1.165, 1.54) is 54.6 Å². The first-order valence-electron chi connectivity index (χ1n) is 27.2. The van der Waals surface area contributed by atoms with Crippen LogP contribution in [-0.4, -0.2) is 0 Å². The Bertz CT molecular complexity index is 5060. The number of hydrogen-bond donors (Lipinski definition) is 0. The van der Waals surface area contributed by atoms with E-state index in [1.54, 1.807) is 0 Å². The molecule has 6 heteroatoms. The van der Waals surface area contributed by atoms with Gasteiger partial charge in [-0.2, -0.15) is 5.26 Å². The minimum atomic E-state index is -0.837. The fourth-order valence-electron chi connectivity index (χ4n) is 13.9. The highest BCUT2D eigenvalue weighted by molar-refractivity contribution is 6.26. The van der Waals surface area contributed by atoms with Gasteiger partial charge in [0, 0.05) is 44.3 Å². The lowest BCUT2D eigenvalue weighted by atomic mass is 9.70. The van der Waals surface area contributed by atoms with Gasteiger partial charge >= 0.3 is 0 Å². The molecule has 0 bridgehead atoms. The van der Waals surface area contributed by atoms with Crippen molar-refractivity contribution < 1.29 is 8.83 Å². The average molecular weight is 1030 g/mol. The molecule has 2 aliphatic rings. The van der Waals surface area contributed by atoms with E-state index in [1.807, 2.05) is 72.8 Å². The smallest absolute Gasteiger partial charge is 0.187 e. The molecule has 0 saturated carbocycles. The zero-order valence-electron chi connectivity index (χ0n) is 43.4. The van der Waals surface area contributed by atoms with Crippen LogP contribution in [0.4, 0.5) is 39.8 Å². The predicted molar refractivity (Wildman–Crippen MR) is 330 cm³/mol. The second-order valence-electron chi connectivity index (χ2n) is 21.3. The van der Waals surface area contributed by atoms with Crippen LogP contribution in [0.3, 0.4) is 0 Å². The third-order valence-electron chi connectivity index (χ3n) is 17.3. The van der Waals surface area contributed by atoms with Gasteiger partial charge in [-0.05, 0) is 174 Å². The minimum Gasteiger partial charge on any atom is -0.454 e. The molecule has 0 aliphatic heterocycles. The third-order valence-corrected chi connectivity index (χ3v) is 17.3. The van der Waals surface area contributed by atoms with Gasteiger partial charge in [-0.3, -0.25) is 0 Å². The fourth-order valence-corrected chi connectivity index (χ4v) is 13.9. The summed E-state index contributed by atoms with van der Waals surface area (Å²) in [5, 5.41) is 21.5. The summed E-state index contributed by atoms with van der Waals surface area (Å²) >= 11 is 0. The van der Waals surface area contributed by atoms with Gasteiger partial charge in [0.2, 0.25) is 0 Å². The van der Waals surface area contributed by atoms with Crippen LogP contribution < -0.4 is 9.80 Å². The molecule has 0 saturated heterocycles. The van der Waals surface area contributed by atoms with Gasteiger partial charge in [0.05, 0.1) is 35.0 Å². The molecule has 17 rings (SSSR count). The number of hydrogen-bond acceptors (Lipinski definition) is 5. The molecule has 15 aromatic rings. The van der Waals surface area contributed by atoms with E-state index in [4.69, 9.17) is 15.4 Å². The lowest BCUT2D eigenvalue weighted by molar-refractivity contribution is 0.668. The monoisotopic (exact) mass is 1030 g/mol. The van der Waals surface area contributed by atoms with Crippen molar-refractivity contribution in [2.75, 3.05) is 9.80 Å². The average Bonchev–Trinajstić information content (AvgIpc) is 3.31. The maximum atomic E-state index is 10.1.